The van der Waals surface area contributed by atoms with Crippen LogP contribution >= 0.6 is 11.3 Å². The van der Waals surface area contributed by atoms with Crippen LogP contribution in [-0.2, 0) is 28.9 Å². The maximum absolute atomic E-state index is 12.7. The third-order valence-corrected chi connectivity index (χ3v) is 6.11. The number of thiophene rings is 1. The SMILES string of the molecule is CCOC(=O)c1c(NC(=O)Cn2ccc3ccccc32)sc2c1CCCC2. The van der Waals surface area contributed by atoms with Gasteiger partial charge >= 0.3 is 5.97 Å². The minimum atomic E-state index is -0.335. The summed E-state index contributed by atoms with van der Waals surface area (Å²) in [6, 6.07) is 9.96. The molecule has 0 radical (unpaired) electrons. The maximum Gasteiger partial charge on any atom is 0.341 e. The number of nitrogens with zero attached hydrogens (tertiary/aromatic N) is 1. The highest BCUT2D eigenvalue weighted by molar-refractivity contribution is 7.17. The second kappa shape index (κ2) is 7.56. The van der Waals surface area contributed by atoms with Gasteiger partial charge in [0.05, 0.1) is 12.2 Å². The Morgan fingerprint density at radius 1 is 1.19 bits per heavy atom. The van der Waals surface area contributed by atoms with E-state index < -0.39 is 0 Å². The Morgan fingerprint density at radius 2 is 2.00 bits per heavy atom. The molecule has 0 saturated carbocycles. The van der Waals surface area contributed by atoms with Crippen LogP contribution in [0.25, 0.3) is 10.9 Å². The first-order valence-corrected chi connectivity index (χ1v) is 10.1. The molecule has 0 unspecified atom stereocenters. The third kappa shape index (κ3) is 3.49. The Labute approximate surface area is 161 Å². The number of para-hydroxylation sites is 1. The number of esters is 1. The standard InChI is InChI=1S/C21H22N2O3S/c1-2-26-21(25)19-15-8-4-6-10-17(15)27-20(19)22-18(24)13-23-12-11-14-7-3-5-9-16(14)23/h3,5,7,9,11-12H,2,4,6,8,10,13H2,1H3,(H,22,24). The summed E-state index contributed by atoms with van der Waals surface area (Å²) in [5.41, 5.74) is 2.64. The molecule has 2 aromatic heterocycles. The van der Waals surface area contributed by atoms with Crippen molar-refractivity contribution < 1.29 is 14.3 Å². The lowest BCUT2D eigenvalue weighted by Crippen LogP contribution is -2.19. The monoisotopic (exact) mass is 382 g/mol. The first-order valence-electron chi connectivity index (χ1n) is 9.32. The quantitative estimate of drug-likeness (QED) is 0.666. The Hall–Kier alpha value is -2.60. The first-order chi connectivity index (χ1) is 13.2. The van der Waals surface area contributed by atoms with E-state index in [-0.39, 0.29) is 18.4 Å². The highest BCUT2D eigenvalue weighted by Gasteiger charge is 2.27. The zero-order valence-corrected chi connectivity index (χ0v) is 16.1. The molecular formula is C21H22N2O3S. The zero-order chi connectivity index (χ0) is 18.8. The van der Waals surface area contributed by atoms with Crippen LogP contribution in [0.3, 0.4) is 0 Å². The van der Waals surface area contributed by atoms with Crippen LogP contribution < -0.4 is 5.32 Å². The number of rotatable bonds is 5. The Balaban J connectivity index is 1.59. The van der Waals surface area contributed by atoms with Crippen molar-refractivity contribution in [3.63, 3.8) is 0 Å². The number of nitrogens with one attached hydrogen (secondary N) is 1. The van der Waals surface area contributed by atoms with E-state index in [2.05, 4.69) is 5.32 Å². The van der Waals surface area contributed by atoms with Crippen LogP contribution in [0, 0.1) is 0 Å². The summed E-state index contributed by atoms with van der Waals surface area (Å²) in [6.45, 7) is 2.33. The number of fused-ring (bicyclic) bond motifs is 2. The van der Waals surface area contributed by atoms with Crippen LogP contribution in [0.1, 0.15) is 40.6 Å². The number of hydrogen-bond donors (Lipinski definition) is 1. The van der Waals surface area contributed by atoms with E-state index in [1.54, 1.807) is 6.92 Å². The summed E-state index contributed by atoms with van der Waals surface area (Å²) in [7, 11) is 0. The largest absolute Gasteiger partial charge is 0.462 e. The van der Waals surface area contributed by atoms with Gasteiger partial charge in [0.2, 0.25) is 5.91 Å². The lowest BCUT2D eigenvalue weighted by Gasteiger charge is -2.12. The zero-order valence-electron chi connectivity index (χ0n) is 15.3. The highest BCUT2D eigenvalue weighted by atomic mass is 32.1. The summed E-state index contributed by atoms with van der Waals surface area (Å²) in [6.07, 6.45) is 5.94. The molecule has 0 saturated heterocycles. The number of amides is 1. The average molecular weight is 382 g/mol. The van der Waals surface area contributed by atoms with Crippen molar-refractivity contribution in [1.29, 1.82) is 0 Å². The summed E-state index contributed by atoms with van der Waals surface area (Å²) in [5, 5.41) is 4.70. The van der Waals surface area contributed by atoms with Crippen LogP contribution in [0.2, 0.25) is 0 Å². The summed E-state index contributed by atoms with van der Waals surface area (Å²) < 4.78 is 7.17. The molecular weight excluding hydrogens is 360 g/mol. The average Bonchev–Trinajstić information content (AvgIpc) is 3.23. The molecule has 1 N–H and O–H groups in total. The van der Waals surface area contributed by atoms with Gasteiger partial charge < -0.3 is 14.6 Å². The highest BCUT2D eigenvalue weighted by Crippen LogP contribution is 2.38. The molecule has 0 spiro atoms. The molecule has 1 amide bonds. The Bertz CT molecular complexity index is 1000. The summed E-state index contributed by atoms with van der Waals surface area (Å²) in [4.78, 5) is 26.4. The second-order valence-corrected chi connectivity index (χ2v) is 7.79. The number of carbonyl (C=O) groups excluding carboxylic acids is 2. The topological polar surface area (TPSA) is 60.3 Å². The fraction of sp³-hybridized carbons (Fsp3) is 0.333. The van der Waals surface area contributed by atoms with E-state index in [0.717, 1.165) is 42.1 Å². The fourth-order valence-corrected chi connectivity index (χ4v) is 4.97. The van der Waals surface area contributed by atoms with E-state index in [4.69, 9.17) is 4.74 Å². The number of anilines is 1. The van der Waals surface area contributed by atoms with Crippen LogP contribution in [0.15, 0.2) is 36.5 Å². The molecule has 0 fully saturated rings. The van der Waals surface area contributed by atoms with Crippen molar-refractivity contribution in [2.24, 2.45) is 0 Å². The lowest BCUT2D eigenvalue weighted by molar-refractivity contribution is -0.116. The van der Waals surface area contributed by atoms with Crippen molar-refractivity contribution >= 4 is 39.1 Å². The molecule has 1 aliphatic carbocycles. The minimum Gasteiger partial charge on any atom is -0.462 e. The van der Waals surface area contributed by atoms with Crippen LogP contribution in [0.5, 0.6) is 0 Å². The normalized spacial score (nSPS) is 13.4. The molecule has 4 rings (SSSR count). The molecule has 1 aromatic carbocycles. The maximum atomic E-state index is 12.7. The molecule has 2 heterocycles. The predicted octanol–water partition coefficient (Wildman–Crippen LogP) is 4.40. The van der Waals surface area contributed by atoms with Gasteiger partial charge in [-0.1, -0.05) is 18.2 Å². The van der Waals surface area contributed by atoms with E-state index in [9.17, 15) is 9.59 Å². The number of carbonyl (C=O) groups is 2. The van der Waals surface area contributed by atoms with Crippen molar-refractivity contribution in [3.8, 4) is 0 Å². The first kappa shape index (κ1) is 17.8. The molecule has 0 atom stereocenters. The van der Waals surface area contributed by atoms with Gasteiger partial charge in [-0.05, 0) is 55.7 Å². The molecule has 3 aromatic rings. The van der Waals surface area contributed by atoms with Gasteiger partial charge in [-0.25, -0.2) is 4.79 Å². The van der Waals surface area contributed by atoms with Crippen molar-refractivity contribution in [1.82, 2.24) is 4.57 Å². The van der Waals surface area contributed by atoms with Gasteiger partial charge in [0.25, 0.3) is 0 Å². The van der Waals surface area contributed by atoms with E-state index in [1.807, 2.05) is 41.1 Å². The number of ether oxygens (including phenoxy) is 1. The minimum absolute atomic E-state index is 0.138. The summed E-state index contributed by atoms with van der Waals surface area (Å²) in [5.74, 6) is -0.473. The predicted molar refractivity (Wildman–Crippen MR) is 107 cm³/mol. The van der Waals surface area contributed by atoms with Gasteiger partial charge in [-0.15, -0.1) is 11.3 Å². The third-order valence-electron chi connectivity index (χ3n) is 4.90. The number of hydrogen-bond acceptors (Lipinski definition) is 4. The van der Waals surface area contributed by atoms with Gasteiger partial charge in [-0.2, -0.15) is 0 Å². The van der Waals surface area contributed by atoms with Gasteiger partial charge in [-0.3, -0.25) is 4.79 Å². The smallest absolute Gasteiger partial charge is 0.341 e. The number of benzene rings is 1. The van der Waals surface area contributed by atoms with Gasteiger partial charge in [0.1, 0.15) is 11.5 Å². The molecule has 6 heteroatoms. The van der Waals surface area contributed by atoms with Gasteiger partial charge in [0.15, 0.2) is 0 Å². The molecule has 5 nitrogen and oxygen atoms in total. The Morgan fingerprint density at radius 3 is 2.85 bits per heavy atom. The molecule has 0 bridgehead atoms. The molecule has 140 valence electrons. The number of aryl methyl sites for hydroxylation is 1. The van der Waals surface area contributed by atoms with Crippen LogP contribution in [0.4, 0.5) is 5.00 Å². The molecule has 0 aliphatic heterocycles. The van der Waals surface area contributed by atoms with Crippen molar-refractivity contribution in [2.75, 3.05) is 11.9 Å². The van der Waals surface area contributed by atoms with E-state index in [1.165, 1.54) is 16.2 Å². The van der Waals surface area contributed by atoms with Crippen molar-refractivity contribution in [2.45, 2.75) is 39.2 Å². The Kier molecular flexibility index (Phi) is 4.99. The molecule has 27 heavy (non-hydrogen) atoms. The van der Waals surface area contributed by atoms with Crippen molar-refractivity contribution in [3.05, 3.63) is 52.5 Å². The lowest BCUT2D eigenvalue weighted by atomic mass is 9.95. The van der Waals surface area contributed by atoms with E-state index in [0.29, 0.717) is 17.2 Å². The second-order valence-electron chi connectivity index (χ2n) is 6.69. The fourth-order valence-electron chi connectivity index (χ4n) is 3.67. The van der Waals surface area contributed by atoms with E-state index >= 15 is 0 Å². The molecule has 1 aliphatic rings. The number of aromatic nitrogens is 1. The van der Waals surface area contributed by atoms with Gasteiger partial charge in [0, 0.05) is 16.6 Å². The summed E-state index contributed by atoms with van der Waals surface area (Å²) >= 11 is 1.52. The van der Waals surface area contributed by atoms with Crippen LogP contribution in [-0.4, -0.2) is 23.1 Å².